The number of aryl methyl sites for hydroxylation is 1. The van der Waals surface area contributed by atoms with Crippen LogP contribution in [0.25, 0.3) is 17.1 Å². The van der Waals surface area contributed by atoms with E-state index in [2.05, 4.69) is 20.6 Å². The first-order valence-corrected chi connectivity index (χ1v) is 8.58. The molecule has 0 radical (unpaired) electrons. The normalized spacial score (nSPS) is 10.8. The van der Waals surface area contributed by atoms with Crippen LogP contribution in [0.15, 0.2) is 65.3 Å². The Labute approximate surface area is 159 Å². The monoisotopic (exact) mass is 377 g/mol. The number of carbonyl (C=O) groups is 1. The number of benzene rings is 2. The van der Waals surface area contributed by atoms with E-state index in [9.17, 15) is 9.18 Å². The van der Waals surface area contributed by atoms with Gasteiger partial charge in [0.15, 0.2) is 0 Å². The number of aromatic nitrogens is 4. The fourth-order valence-electron chi connectivity index (χ4n) is 2.68. The molecule has 0 unspecified atom stereocenters. The molecule has 0 atom stereocenters. The maximum absolute atomic E-state index is 13.1. The Morgan fingerprint density at radius 3 is 2.64 bits per heavy atom. The Bertz CT molecular complexity index is 1100. The zero-order chi connectivity index (χ0) is 19.5. The fourth-order valence-corrected chi connectivity index (χ4v) is 2.68. The Kier molecular flexibility index (Phi) is 4.67. The van der Waals surface area contributed by atoms with Crippen molar-refractivity contribution < 1.29 is 13.7 Å². The Morgan fingerprint density at radius 1 is 1.14 bits per heavy atom. The van der Waals surface area contributed by atoms with E-state index in [1.165, 1.54) is 12.1 Å². The summed E-state index contributed by atoms with van der Waals surface area (Å²) in [6.07, 6.45) is 1.71. The van der Waals surface area contributed by atoms with Gasteiger partial charge in [-0.1, -0.05) is 35.5 Å². The molecule has 1 N–H and O–H groups in total. The highest BCUT2D eigenvalue weighted by molar-refractivity contribution is 5.89. The molecule has 0 bridgehead atoms. The Morgan fingerprint density at radius 2 is 1.89 bits per heavy atom. The maximum atomic E-state index is 13.1. The number of halogens is 1. The van der Waals surface area contributed by atoms with Crippen LogP contribution < -0.4 is 5.32 Å². The molecule has 0 aliphatic heterocycles. The van der Waals surface area contributed by atoms with E-state index < -0.39 is 5.91 Å². The van der Waals surface area contributed by atoms with Gasteiger partial charge in [0, 0.05) is 12.7 Å². The molecule has 4 rings (SSSR count). The lowest BCUT2D eigenvalue weighted by Gasteiger charge is -2.01. The third kappa shape index (κ3) is 3.66. The summed E-state index contributed by atoms with van der Waals surface area (Å²) in [6.45, 7) is 2.15. The van der Waals surface area contributed by atoms with E-state index in [1.807, 2.05) is 30.3 Å². The second-order valence-corrected chi connectivity index (χ2v) is 6.14. The Balaban J connectivity index is 1.51. The number of hydrogen-bond donors (Lipinski definition) is 1. The van der Waals surface area contributed by atoms with Crippen LogP contribution in [0.3, 0.4) is 0 Å². The fraction of sp³-hybridized carbons (Fsp3) is 0.100. The van der Waals surface area contributed by atoms with Gasteiger partial charge in [0.05, 0.1) is 16.9 Å². The van der Waals surface area contributed by atoms with E-state index in [0.717, 1.165) is 5.56 Å². The second kappa shape index (κ2) is 7.43. The van der Waals surface area contributed by atoms with Crippen LogP contribution in [0.4, 0.5) is 4.39 Å². The molecular formula is C20H16FN5O2. The first kappa shape index (κ1) is 17.6. The van der Waals surface area contributed by atoms with Gasteiger partial charge >= 0.3 is 11.8 Å². The van der Waals surface area contributed by atoms with Gasteiger partial charge in [-0.3, -0.25) is 4.79 Å². The molecule has 7 nitrogen and oxygen atoms in total. The van der Waals surface area contributed by atoms with Gasteiger partial charge in [0.25, 0.3) is 0 Å². The predicted molar refractivity (Wildman–Crippen MR) is 99.2 cm³/mol. The van der Waals surface area contributed by atoms with Gasteiger partial charge in [0.1, 0.15) is 5.82 Å². The highest BCUT2D eigenvalue weighted by Crippen LogP contribution is 2.21. The highest BCUT2D eigenvalue weighted by atomic mass is 19.1. The van der Waals surface area contributed by atoms with E-state index in [1.54, 1.807) is 29.9 Å². The summed E-state index contributed by atoms with van der Waals surface area (Å²) in [5.41, 5.74) is 2.93. The van der Waals surface area contributed by atoms with Crippen LogP contribution in [0, 0.1) is 12.7 Å². The number of hydrogen-bond acceptors (Lipinski definition) is 5. The second-order valence-electron chi connectivity index (χ2n) is 6.14. The quantitative estimate of drug-likeness (QED) is 0.577. The molecule has 8 heteroatoms. The van der Waals surface area contributed by atoms with Gasteiger partial charge in [-0.2, -0.15) is 10.1 Å². The van der Waals surface area contributed by atoms with Crippen molar-refractivity contribution in [2.75, 3.05) is 0 Å². The van der Waals surface area contributed by atoms with Crippen molar-refractivity contribution in [3.05, 3.63) is 83.8 Å². The molecular weight excluding hydrogens is 361 g/mol. The van der Waals surface area contributed by atoms with Gasteiger partial charge in [0.2, 0.25) is 5.82 Å². The number of rotatable bonds is 5. The van der Waals surface area contributed by atoms with Gasteiger partial charge in [-0.15, -0.1) is 0 Å². The third-order valence-electron chi connectivity index (χ3n) is 4.15. The molecule has 0 aliphatic carbocycles. The molecule has 28 heavy (non-hydrogen) atoms. The smallest absolute Gasteiger partial charge is 0.316 e. The lowest BCUT2D eigenvalue weighted by Crippen LogP contribution is -2.23. The molecule has 0 fully saturated rings. The minimum absolute atomic E-state index is 0.125. The molecule has 0 saturated heterocycles. The minimum atomic E-state index is -0.453. The van der Waals surface area contributed by atoms with Crippen LogP contribution in [-0.2, 0) is 6.54 Å². The van der Waals surface area contributed by atoms with Gasteiger partial charge < -0.3 is 9.84 Å². The van der Waals surface area contributed by atoms with Crippen molar-refractivity contribution in [1.82, 2.24) is 25.2 Å². The number of nitrogens with zero attached hydrogens (tertiary/aromatic N) is 4. The first-order valence-electron chi connectivity index (χ1n) is 8.58. The van der Waals surface area contributed by atoms with E-state index in [-0.39, 0.29) is 17.5 Å². The molecule has 2 aromatic heterocycles. The molecule has 0 aliphatic rings. The SMILES string of the molecule is Cc1nn(-c2ccc(F)cc2)cc1-c1noc(C(=O)NCc2ccccc2)n1. The average molecular weight is 377 g/mol. The van der Waals surface area contributed by atoms with Crippen LogP contribution >= 0.6 is 0 Å². The van der Waals surface area contributed by atoms with Crippen molar-refractivity contribution >= 4 is 5.91 Å². The van der Waals surface area contributed by atoms with Gasteiger partial charge in [-0.05, 0) is 36.8 Å². The zero-order valence-electron chi connectivity index (χ0n) is 15.0. The lowest BCUT2D eigenvalue weighted by molar-refractivity contribution is 0.0907. The van der Waals surface area contributed by atoms with Crippen molar-refractivity contribution in [3.8, 4) is 17.1 Å². The molecule has 0 spiro atoms. The topological polar surface area (TPSA) is 85.8 Å². The molecule has 140 valence electrons. The van der Waals surface area contributed by atoms with Gasteiger partial charge in [-0.25, -0.2) is 9.07 Å². The maximum Gasteiger partial charge on any atom is 0.316 e. The van der Waals surface area contributed by atoms with Crippen molar-refractivity contribution in [1.29, 1.82) is 0 Å². The molecule has 0 saturated carbocycles. The number of amides is 1. The first-order chi connectivity index (χ1) is 13.6. The third-order valence-corrected chi connectivity index (χ3v) is 4.15. The summed E-state index contributed by atoms with van der Waals surface area (Å²) >= 11 is 0. The summed E-state index contributed by atoms with van der Waals surface area (Å²) < 4.78 is 19.8. The average Bonchev–Trinajstić information content (AvgIpc) is 3.34. The standard InChI is InChI=1S/C20H16FN5O2/c1-13-17(12-26(24-13)16-9-7-15(21)8-10-16)18-23-20(28-25-18)19(27)22-11-14-5-3-2-4-6-14/h2-10,12H,11H2,1H3,(H,22,27). The van der Waals surface area contributed by atoms with E-state index in [0.29, 0.717) is 23.5 Å². The van der Waals surface area contributed by atoms with Crippen LogP contribution in [-0.4, -0.2) is 25.8 Å². The van der Waals surface area contributed by atoms with E-state index >= 15 is 0 Å². The van der Waals surface area contributed by atoms with Crippen LogP contribution in [0.1, 0.15) is 21.9 Å². The number of nitrogens with one attached hydrogen (secondary N) is 1. The molecule has 2 aromatic carbocycles. The summed E-state index contributed by atoms with van der Waals surface area (Å²) in [5, 5.41) is 11.0. The number of carbonyl (C=O) groups excluding carboxylic acids is 1. The lowest BCUT2D eigenvalue weighted by atomic mass is 10.2. The van der Waals surface area contributed by atoms with Crippen LogP contribution in [0.5, 0.6) is 0 Å². The summed E-state index contributed by atoms with van der Waals surface area (Å²) in [4.78, 5) is 16.4. The largest absolute Gasteiger partial charge is 0.344 e. The molecule has 2 heterocycles. The minimum Gasteiger partial charge on any atom is -0.344 e. The van der Waals surface area contributed by atoms with Crippen molar-refractivity contribution in [2.24, 2.45) is 0 Å². The van der Waals surface area contributed by atoms with Crippen LogP contribution in [0.2, 0.25) is 0 Å². The Hall–Kier alpha value is -3.81. The van der Waals surface area contributed by atoms with E-state index in [4.69, 9.17) is 4.52 Å². The molecule has 1 amide bonds. The summed E-state index contributed by atoms with van der Waals surface area (Å²) in [7, 11) is 0. The summed E-state index contributed by atoms with van der Waals surface area (Å²) in [6, 6.07) is 15.5. The zero-order valence-corrected chi connectivity index (χ0v) is 15.0. The molecule has 4 aromatic rings. The highest BCUT2D eigenvalue weighted by Gasteiger charge is 2.19. The van der Waals surface area contributed by atoms with Crippen molar-refractivity contribution in [3.63, 3.8) is 0 Å². The van der Waals surface area contributed by atoms with Crippen molar-refractivity contribution in [2.45, 2.75) is 13.5 Å². The summed E-state index contributed by atoms with van der Waals surface area (Å²) in [5.74, 6) is -0.640. The predicted octanol–water partition coefficient (Wildman–Crippen LogP) is 3.30.